The van der Waals surface area contributed by atoms with Crippen LogP contribution >= 0.6 is 0 Å². The summed E-state index contributed by atoms with van der Waals surface area (Å²) < 4.78 is 5.52. The Hall–Kier alpha value is -0.410. The van der Waals surface area contributed by atoms with E-state index in [-0.39, 0.29) is 29.6 Å². The molecule has 0 aliphatic carbocycles. The van der Waals surface area contributed by atoms with E-state index in [2.05, 4.69) is 5.32 Å². The molecule has 0 aromatic heterocycles. The molecule has 1 N–H and O–H groups in total. The zero-order valence-electron chi connectivity index (χ0n) is 9.76. The fourth-order valence-electron chi connectivity index (χ4n) is 1.83. The molecule has 14 heavy (non-hydrogen) atoms. The van der Waals surface area contributed by atoms with Gasteiger partial charge in [-0.05, 0) is 20.3 Å². The van der Waals surface area contributed by atoms with Gasteiger partial charge in [-0.1, -0.05) is 20.8 Å². The molecule has 0 aromatic rings. The Kier molecular flexibility index (Phi) is 3.32. The van der Waals surface area contributed by atoms with Crippen molar-refractivity contribution in [3.63, 3.8) is 0 Å². The van der Waals surface area contributed by atoms with E-state index in [4.69, 9.17) is 4.74 Å². The van der Waals surface area contributed by atoms with Gasteiger partial charge in [-0.25, -0.2) is 0 Å². The molecule has 0 amide bonds. The van der Waals surface area contributed by atoms with Crippen LogP contribution in [0.25, 0.3) is 0 Å². The summed E-state index contributed by atoms with van der Waals surface area (Å²) in [4.78, 5) is 12.0. The van der Waals surface area contributed by atoms with Crippen LogP contribution < -0.4 is 5.32 Å². The summed E-state index contributed by atoms with van der Waals surface area (Å²) in [6.07, 6.45) is 0.929. The van der Waals surface area contributed by atoms with E-state index >= 15 is 0 Å². The van der Waals surface area contributed by atoms with Crippen LogP contribution in [0.4, 0.5) is 0 Å². The highest BCUT2D eigenvalue weighted by Crippen LogP contribution is 2.22. The maximum absolute atomic E-state index is 12.0. The maximum Gasteiger partial charge on any atom is 0.155 e. The molecule has 0 saturated carbocycles. The minimum absolute atomic E-state index is 0.0185. The van der Waals surface area contributed by atoms with E-state index < -0.39 is 0 Å². The highest BCUT2D eigenvalue weighted by Gasteiger charge is 2.34. The number of hydrogen-bond donors (Lipinski definition) is 1. The predicted octanol–water partition coefficient (Wildman–Crippen LogP) is 1.71. The second-order valence-electron chi connectivity index (χ2n) is 5.16. The van der Waals surface area contributed by atoms with Crippen LogP contribution in [-0.2, 0) is 9.53 Å². The van der Waals surface area contributed by atoms with Crippen molar-refractivity contribution >= 4 is 5.78 Å². The molecule has 0 aromatic carbocycles. The molecule has 82 valence electrons. The minimum atomic E-state index is -0.269. The highest BCUT2D eigenvalue weighted by molar-refractivity contribution is 5.88. The van der Waals surface area contributed by atoms with Crippen molar-refractivity contribution in [1.29, 1.82) is 0 Å². The van der Waals surface area contributed by atoms with Crippen molar-refractivity contribution in [3.8, 4) is 0 Å². The largest absolute Gasteiger partial charge is 0.361 e. The number of carbonyl (C=O) groups is 1. The summed E-state index contributed by atoms with van der Waals surface area (Å²) >= 11 is 0. The van der Waals surface area contributed by atoms with Gasteiger partial charge in [0.05, 0.1) is 12.1 Å². The van der Waals surface area contributed by atoms with Crippen molar-refractivity contribution in [2.45, 2.75) is 59.4 Å². The van der Waals surface area contributed by atoms with Gasteiger partial charge in [0.1, 0.15) is 6.23 Å². The summed E-state index contributed by atoms with van der Waals surface area (Å²) in [5.41, 5.74) is -0.269. The van der Waals surface area contributed by atoms with E-state index in [9.17, 15) is 4.79 Å². The SMILES string of the molecule is C[C@@H]1NC(C(=O)C(C)(C)C)C[C@H](C)O1. The first-order valence-corrected chi connectivity index (χ1v) is 5.26. The Labute approximate surface area is 86.2 Å². The third kappa shape index (κ3) is 2.79. The Morgan fingerprint density at radius 1 is 1.36 bits per heavy atom. The van der Waals surface area contributed by atoms with Gasteiger partial charge in [0.25, 0.3) is 0 Å². The summed E-state index contributed by atoms with van der Waals surface area (Å²) in [7, 11) is 0. The second-order valence-corrected chi connectivity index (χ2v) is 5.16. The Bertz CT molecular complexity index is 210. The van der Waals surface area contributed by atoms with Crippen LogP contribution in [0.5, 0.6) is 0 Å². The topological polar surface area (TPSA) is 38.3 Å². The van der Waals surface area contributed by atoms with Crippen molar-refractivity contribution in [1.82, 2.24) is 5.32 Å². The minimum Gasteiger partial charge on any atom is -0.361 e. The number of nitrogens with one attached hydrogen (secondary N) is 1. The van der Waals surface area contributed by atoms with Gasteiger partial charge in [-0.2, -0.15) is 0 Å². The van der Waals surface area contributed by atoms with Gasteiger partial charge in [0.15, 0.2) is 5.78 Å². The average Bonchev–Trinajstić information content (AvgIpc) is 1.99. The van der Waals surface area contributed by atoms with E-state index in [1.165, 1.54) is 0 Å². The lowest BCUT2D eigenvalue weighted by atomic mass is 9.84. The van der Waals surface area contributed by atoms with Crippen LogP contribution in [0.2, 0.25) is 0 Å². The van der Waals surface area contributed by atoms with E-state index in [1.807, 2.05) is 34.6 Å². The zero-order chi connectivity index (χ0) is 10.9. The van der Waals surface area contributed by atoms with Gasteiger partial charge in [0.2, 0.25) is 0 Å². The summed E-state index contributed by atoms with van der Waals surface area (Å²) in [6.45, 7) is 9.84. The number of Topliss-reactive ketones (excluding diaryl/α,β-unsaturated/α-hetero) is 1. The fraction of sp³-hybridized carbons (Fsp3) is 0.909. The molecule has 3 heteroatoms. The average molecular weight is 199 g/mol. The summed E-state index contributed by atoms with van der Waals surface area (Å²) in [6, 6.07) is -0.0475. The van der Waals surface area contributed by atoms with E-state index in [1.54, 1.807) is 0 Å². The molecule has 3 nitrogen and oxygen atoms in total. The van der Waals surface area contributed by atoms with Crippen LogP contribution in [0, 0.1) is 5.41 Å². The first-order valence-electron chi connectivity index (χ1n) is 5.26. The van der Waals surface area contributed by atoms with Crippen molar-refractivity contribution in [2.75, 3.05) is 0 Å². The maximum atomic E-state index is 12.0. The Morgan fingerprint density at radius 3 is 2.36 bits per heavy atom. The Morgan fingerprint density at radius 2 is 1.93 bits per heavy atom. The lowest BCUT2D eigenvalue weighted by Crippen LogP contribution is -2.53. The number of ketones is 1. The van der Waals surface area contributed by atoms with Gasteiger partial charge in [-0.3, -0.25) is 10.1 Å². The van der Waals surface area contributed by atoms with E-state index in [0.29, 0.717) is 0 Å². The van der Waals surface area contributed by atoms with E-state index in [0.717, 1.165) is 6.42 Å². The third-order valence-electron chi connectivity index (χ3n) is 2.50. The van der Waals surface area contributed by atoms with Gasteiger partial charge in [0, 0.05) is 5.41 Å². The molecular weight excluding hydrogens is 178 g/mol. The first kappa shape index (κ1) is 11.7. The summed E-state index contributed by atoms with van der Waals surface area (Å²) in [5.74, 6) is 0.277. The van der Waals surface area contributed by atoms with Crippen LogP contribution in [0.1, 0.15) is 41.0 Å². The molecule has 1 saturated heterocycles. The molecule has 0 radical (unpaired) electrons. The van der Waals surface area contributed by atoms with Crippen molar-refractivity contribution in [2.24, 2.45) is 5.41 Å². The highest BCUT2D eigenvalue weighted by atomic mass is 16.5. The van der Waals surface area contributed by atoms with Gasteiger partial charge in [-0.15, -0.1) is 0 Å². The van der Waals surface area contributed by atoms with Crippen LogP contribution in [0.3, 0.4) is 0 Å². The van der Waals surface area contributed by atoms with Crippen molar-refractivity contribution in [3.05, 3.63) is 0 Å². The normalized spacial score (nSPS) is 34.2. The first-order chi connectivity index (χ1) is 6.30. The zero-order valence-corrected chi connectivity index (χ0v) is 9.76. The standard InChI is InChI=1S/C11H21NO2/c1-7-6-9(12-8(2)14-7)10(13)11(3,4)5/h7-9,12H,6H2,1-5H3/t7-,8+,9?/m0/s1. The molecule has 3 atom stereocenters. The van der Waals surface area contributed by atoms with Crippen molar-refractivity contribution < 1.29 is 9.53 Å². The fourth-order valence-corrected chi connectivity index (χ4v) is 1.83. The smallest absolute Gasteiger partial charge is 0.155 e. The molecule has 1 rings (SSSR count). The van der Waals surface area contributed by atoms with Crippen LogP contribution in [-0.4, -0.2) is 24.2 Å². The Balaban J connectivity index is 2.64. The van der Waals surface area contributed by atoms with Crippen LogP contribution in [0.15, 0.2) is 0 Å². The molecule has 1 aliphatic rings. The lowest BCUT2D eigenvalue weighted by Gasteiger charge is -2.35. The second kappa shape index (κ2) is 3.99. The molecule has 1 aliphatic heterocycles. The molecule has 0 bridgehead atoms. The molecule has 1 fully saturated rings. The predicted molar refractivity (Wildman–Crippen MR) is 56.0 cm³/mol. The monoisotopic (exact) mass is 199 g/mol. The molecule has 0 spiro atoms. The number of carbonyl (C=O) groups excluding carboxylic acids is 1. The molecule has 1 unspecified atom stereocenters. The summed E-state index contributed by atoms with van der Waals surface area (Å²) in [5, 5.41) is 3.18. The third-order valence-corrected chi connectivity index (χ3v) is 2.50. The number of ether oxygens (including phenoxy) is 1. The quantitative estimate of drug-likeness (QED) is 0.698. The number of hydrogen-bond acceptors (Lipinski definition) is 3. The van der Waals surface area contributed by atoms with Gasteiger partial charge >= 0.3 is 0 Å². The number of rotatable bonds is 1. The van der Waals surface area contributed by atoms with Gasteiger partial charge < -0.3 is 4.74 Å². The molecular formula is C11H21NO2. The lowest BCUT2D eigenvalue weighted by molar-refractivity contribution is -0.136. The molecule has 1 heterocycles.